The van der Waals surface area contributed by atoms with Gasteiger partial charge in [-0.15, -0.1) is 0 Å². The summed E-state index contributed by atoms with van der Waals surface area (Å²) >= 11 is 17.4. The number of ether oxygens (including phenoxy) is 2. The Morgan fingerprint density at radius 1 is 1.14 bits per heavy atom. The van der Waals surface area contributed by atoms with Crippen molar-refractivity contribution in [2.75, 3.05) is 19.8 Å². The predicted molar refractivity (Wildman–Crippen MR) is 81.2 cm³/mol. The zero-order valence-corrected chi connectivity index (χ0v) is 13.5. The minimum absolute atomic E-state index is 0.173. The van der Waals surface area contributed by atoms with Gasteiger partial charge in [0.25, 0.3) is 5.91 Å². The fourth-order valence-electron chi connectivity index (χ4n) is 1.25. The molecule has 0 aliphatic rings. The van der Waals surface area contributed by atoms with E-state index in [-0.39, 0.29) is 33.8 Å². The Balaban J connectivity index is 2.36. The van der Waals surface area contributed by atoms with Crippen molar-refractivity contribution in [3.8, 4) is 11.8 Å². The standard InChI is InChI=1S/C13H11Cl3N2O4/c14-8-4-10(16)11(5-9(8)15)21-7-13(20)22-6-12(19)18-3-1-2-17/h4-5H,1,3,6-7H2,(H,18,19). The first kappa shape index (κ1) is 18.4. The van der Waals surface area contributed by atoms with Gasteiger partial charge in [-0.1, -0.05) is 34.8 Å². The average molecular weight is 366 g/mol. The van der Waals surface area contributed by atoms with Crippen LogP contribution in [0.25, 0.3) is 0 Å². The maximum absolute atomic E-state index is 11.4. The van der Waals surface area contributed by atoms with Gasteiger partial charge in [0.05, 0.1) is 27.6 Å². The highest BCUT2D eigenvalue weighted by atomic mass is 35.5. The average Bonchev–Trinajstić information content (AvgIpc) is 2.47. The van der Waals surface area contributed by atoms with Gasteiger partial charge in [-0.3, -0.25) is 4.79 Å². The van der Waals surface area contributed by atoms with E-state index >= 15 is 0 Å². The van der Waals surface area contributed by atoms with Crippen molar-refractivity contribution in [2.45, 2.75) is 6.42 Å². The van der Waals surface area contributed by atoms with E-state index in [2.05, 4.69) is 10.1 Å². The van der Waals surface area contributed by atoms with E-state index in [1.165, 1.54) is 12.1 Å². The second kappa shape index (κ2) is 9.36. The smallest absolute Gasteiger partial charge is 0.344 e. The van der Waals surface area contributed by atoms with E-state index < -0.39 is 25.1 Å². The molecule has 1 rings (SSSR count). The highest BCUT2D eigenvalue weighted by Gasteiger charge is 2.11. The second-order valence-electron chi connectivity index (χ2n) is 3.90. The summed E-state index contributed by atoms with van der Waals surface area (Å²) in [6.45, 7) is -0.700. The zero-order chi connectivity index (χ0) is 16.5. The Bertz CT molecular complexity index is 602. The molecule has 0 unspecified atom stereocenters. The van der Waals surface area contributed by atoms with Crippen LogP contribution in [0.3, 0.4) is 0 Å². The minimum atomic E-state index is -0.752. The zero-order valence-electron chi connectivity index (χ0n) is 11.2. The monoisotopic (exact) mass is 364 g/mol. The summed E-state index contributed by atoms with van der Waals surface area (Å²) in [5.74, 6) is -1.08. The van der Waals surface area contributed by atoms with Crippen LogP contribution in [0.1, 0.15) is 6.42 Å². The van der Waals surface area contributed by atoms with Gasteiger partial charge in [0.2, 0.25) is 0 Å². The van der Waals surface area contributed by atoms with E-state index in [4.69, 9.17) is 44.8 Å². The Labute approximate surface area is 141 Å². The van der Waals surface area contributed by atoms with Gasteiger partial charge < -0.3 is 14.8 Å². The molecule has 0 aromatic heterocycles. The Morgan fingerprint density at radius 3 is 2.50 bits per heavy atom. The lowest BCUT2D eigenvalue weighted by atomic mass is 10.3. The predicted octanol–water partition coefficient (Wildman–Crippen LogP) is 2.60. The highest BCUT2D eigenvalue weighted by Crippen LogP contribution is 2.33. The molecular weight excluding hydrogens is 355 g/mol. The topological polar surface area (TPSA) is 88.4 Å². The van der Waals surface area contributed by atoms with E-state index in [0.29, 0.717) is 0 Å². The summed E-state index contributed by atoms with van der Waals surface area (Å²) in [4.78, 5) is 22.7. The Hall–Kier alpha value is -1.68. The summed E-state index contributed by atoms with van der Waals surface area (Å²) in [6, 6.07) is 4.62. The van der Waals surface area contributed by atoms with Crippen LogP contribution < -0.4 is 10.1 Å². The normalized spacial score (nSPS) is 9.73. The fraction of sp³-hybridized carbons (Fsp3) is 0.308. The molecular formula is C13H11Cl3N2O4. The summed E-state index contributed by atoms with van der Waals surface area (Å²) < 4.78 is 9.83. The maximum atomic E-state index is 11.4. The quantitative estimate of drug-likeness (QED) is 0.456. The molecule has 0 fully saturated rings. The summed E-state index contributed by atoms with van der Waals surface area (Å²) in [5, 5.41) is 11.4. The van der Waals surface area contributed by atoms with E-state index in [9.17, 15) is 9.59 Å². The number of hydrogen-bond donors (Lipinski definition) is 1. The molecule has 1 N–H and O–H groups in total. The molecule has 1 amide bonds. The highest BCUT2D eigenvalue weighted by molar-refractivity contribution is 6.43. The van der Waals surface area contributed by atoms with Gasteiger partial charge in [-0.2, -0.15) is 5.26 Å². The first-order valence-corrected chi connectivity index (χ1v) is 7.14. The number of hydrogen-bond acceptors (Lipinski definition) is 5. The third-order valence-electron chi connectivity index (χ3n) is 2.24. The molecule has 0 heterocycles. The first-order valence-electron chi connectivity index (χ1n) is 6.00. The van der Waals surface area contributed by atoms with Gasteiger partial charge in [0, 0.05) is 12.6 Å². The molecule has 22 heavy (non-hydrogen) atoms. The molecule has 0 atom stereocenters. The fourth-order valence-corrected chi connectivity index (χ4v) is 1.84. The first-order chi connectivity index (χ1) is 10.4. The minimum Gasteiger partial charge on any atom is -0.480 e. The molecule has 0 spiro atoms. The van der Waals surface area contributed by atoms with Crippen LogP contribution in [0.15, 0.2) is 12.1 Å². The number of carbonyl (C=O) groups is 2. The summed E-state index contributed by atoms with van der Waals surface area (Å²) in [5.41, 5.74) is 0. The van der Waals surface area contributed by atoms with Crippen molar-refractivity contribution in [1.82, 2.24) is 5.32 Å². The number of esters is 1. The largest absolute Gasteiger partial charge is 0.480 e. The van der Waals surface area contributed by atoms with Crippen LogP contribution >= 0.6 is 34.8 Å². The number of nitrogens with one attached hydrogen (secondary N) is 1. The van der Waals surface area contributed by atoms with Crippen LogP contribution in [0.2, 0.25) is 15.1 Å². The molecule has 0 saturated carbocycles. The molecule has 6 nitrogen and oxygen atoms in total. The molecule has 1 aromatic rings. The second-order valence-corrected chi connectivity index (χ2v) is 5.13. The molecule has 0 bridgehead atoms. The molecule has 0 saturated heterocycles. The number of benzene rings is 1. The SMILES string of the molecule is N#CCCNC(=O)COC(=O)COc1cc(Cl)c(Cl)cc1Cl. The van der Waals surface area contributed by atoms with Crippen LogP contribution in [0.5, 0.6) is 5.75 Å². The Kier molecular flexibility index (Phi) is 7.82. The molecule has 9 heteroatoms. The van der Waals surface area contributed by atoms with Crippen LogP contribution in [0, 0.1) is 11.3 Å². The van der Waals surface area contributed by atoms with Crippen molar-refractivity contribution in [3.63, 3.8) is 0 Å². The molecule has 0 radical (unpaired) electrons. The lowest BCUT2D eigenvalue weighted by Gasteiger charge is -2.09. The van der Waals surface area contributed by atoms with Crippen LogP contribution in [-0.4, -0.2) is 31.6 Å². The number of carbonyl (C=O) groups excluding carboxylic acids is 2. The summed E-state index contributed by atoms with van der Waals surface area (Å²) in [7, 11) is 0. The van der Waals surface area contributed by atoms with Gasteiger partial charge in [-0.25, -0.2) is 4.79 Å². The number of nitrogens with zero attached hydrogens (tertiary/aromatic N) is 1. The molecule has 118 valence electrons. The van der Waals surface area contributed by atoms with Crippen LogP contribution in [-0.2, 0) is 14.3 Å². The van der Waals surface area contributed by atoms with Gasteiger partial charge in [0.1, 0.15) is 5.75 Å². The molecule has 0 aliphatic heterocycles. The van der Waals surface area contributed by atoms with Crippen molar-refractivity contribution in [2.24, 2.45) is 0 Å². The third-order valence-corrected chi connectivity index (χ3v) is 3.26. The third kappa shape index (κ3) is 6.39. The van der Waals surface area contributed by atoms with E-state index in [0.717, 1.165) is 0 Å². The van der Waals surface area contributed by atoms with E-state index in [1.54, 1.807) is 0 Å². The lowest BCUT2D eigenvalue weighted by molar-refractivity contribution is -0.150. The number of rotatable bonds is 7. The maximum Gasteiger partial charge on any atom is 0.344 e. The number of halogens is 3. The molecule has 1 aromatic carbocycles. The van der Waals surface area contributed by atoms with E-state index in [1.807, 2.05) is 6.07 Å². The van der Waals surface area contributed by atoms with Gasteiger partial charge >= 0.3 is 5.97 Å². The molecule has 0 aliphatic carbocycles. The number of amides is 1. The van der Waals surface area contributed by atoms with Crippen molar-refractivity contribution >= 4 is 46.7 Å². The number of nitriles is 1. The summed E-state index contributed by atoms with van der Waals surface area (Å²) in [6.07, 6.45) is 0.179. The van der Waals surface area contributed by atoms with Crippen molar-refractivity contribution in [1.29, 1.82) is 5.26 Å². The van der Waals surface area contributed by atoms with Crippen molar-refractivity contribution in [3.05, 3.63) is 27.2 Å². The van der Waals surface area contributed by atoms with Crippen LogP contribution in [0.4, 0.5) is 0 Å². The van der Waals surface area contributed by atoms with Gasteiger partial charge in [0.15, 0.2) is 13.2 Å². The Morgan fingerprint density at radius 2 is 1.82 bits per heavy atom. The van der Waals surface area contributed by atoms with Gasteiger partial charge in [-0.05, 0) is 6.07 Å². The van der Waals surface area contributed by atoms with Crippen molar-refractivity contribution < 1.29 is 19.1 Å². The lowest BCUT2D eigenvalue weighted by Crippen LogP contribution is -2.30.